The van der Waals surface area contributed by atoms with Gasteiger partial charge in [-0.1, -0.05) is 24.8 Å². The maximum Gasteiger partial charge on any atom is 0.245 e. The molecule has 0 saturated carbocycles. The topological polar surface area (TPSA) is 102 Å². The Morgan fingerprint density at radius 3 is 2.67 bits per heavy atom. The van der Waals surface area contributed by atoms with E-state index in [9.17, 15) is 14.0 Å². The van der Waals surface area contributed by atoms with E-state index in [1.54, 1.807) is 4.90 Å². The highest BCUT2D eigenvalue weighted by Gasteiger charge is 2.28. The molecule has 36 heavy (non-hydrogen) atoms. The molecule has 2 N–H and O–H groups in total. The van der Waals surface area contributed by atoms with Gasteiger partial charge in [0.2, 0.25) is 5.91 Å². The summed E-state index contributed by atoms with van der Waals surface area (Å²) in [4.78, 5) is 39.2. The van der Waals surface area contributed by atoms with E-state index >= 15 is 4.39 Å². The van der Waals surface area contributed by atoms with Crippen LogP contribution in [0, 0.1) is 17.6 Å². The molecule has 3 aromatic rings. The second-order valence-electron chi connectivity index (χ2n) is 8.53. The van der Waals surface area contributed by atoms with Gasteiger partial charge < -0.3 is 10.6 Å². The molecule has 0 bridgehead atoms. The molecule has 4 rings (SSSR count). The van der Waals surface area contributed by atoms with Crippen LogP contribution in [-0.4, -0.2) is 52.4 Å². The van der Waals surface area contributed by atoms with Gasteiger partial charge in [0.05, 0.1) is 17.0 Å². The SMILES string of the molecule is C=CC(=O)N1CCC(Cc2ncnc(N)c2/C(=N\C)c2ccc(C(=O)c3cccc(F)c3)cc2F)C1. The van der Waals surface area contributed by atoms with E-state index < -0.39 is 17.4 Å². The Labute approximate surface area is 207 Å². The molecule has 1 fully saturated rings. The fourth-order valence-corrected chi connectivity index (χ4v) is 4.46. The number of carbonyl (C=O) groups is 2. The minimum atomic E-state index is -0.685. The van der Waals surface area contributed by atoms with Crippen molar-refractivity contribution in [2.45, 2.75) is 12.8 Å². The van der Waals surface area contributed by atoms with Crippen molar-refractivity contribution in [3.63, 3.8) is 0 Å². The highest BCUT2D eigenvalue weighted by atomic mass is 19.1. The van der Waals surface area contributed by atoms with Crippen LogP contribution in [0.2, 0.25) is 0 Å². The summed E-state index contributed by atoms with van der Waals surface area (Å²) in [6.07, 6.45) is 3.93. The summed E-state index contributed by atoms with van der Waals surface area (Å²) in [5.74, 6) is -1.57. The lowest BCUT2D eigenvalue weighted by Crippen LogP contribution is -2.27. The highest BCUT2D eigenvalue weighted by Crippen LogP contribution is 2.27. The fraction of sp³-hybridized carbons (Fsp3) is 0.222. The molecule has 9 heteroatoms. The molecule has 184 valence electrons. The quantitative estimate of drug-likeness (QED) is 0.310. The number of aliphatic imine (C=N–C) groups is 1. The van der Waals surface area contributed by atoms with Crippen LogP contribution in [-0.2, 0) is 11.2 Å². The smallest absolute Gasteiger partial charge is 0.245 e. The van der Waals surface area contributed by atoms with Gasteiger partial charge in [0.25, 0.3) is 0 Å². The van der Waals surface area contributed by atoms with Crippen molar-refractivity contribution in [1.29, 1.82) is 0 Å². The minimum Gasteiger partial charge on any atom is -0.383 e. The molecule has 1 aromatic heterocycles. The van der Waals surface area contributed by atoms with Gasteiger partial charge in [-0.15, -0.1) is 0 Å². The largest absolute Gasteiger partial charge is 0.383 e. The molecule has 0 aliphatic carbocycles. The zero-order chi connectivity index (χ0) is 25.8. The van der Waals surface area contributed by atoms with Crippen LogP contribution >= 0.6 is 0 Å². The highest BCUT2D eigenvalue weighted by molar-refractivity contribution is 6.16. The Balaban J connectivity index is 1.64. The van der Waals surface area contributed by atoms with Gasteiger partial charge in [0, 0.05) is 36.8 Å². The van der Waals surface area contributed by atoms with Crippen LogP contribution < -0.4 is 5.73 Å². The number of nitrogens with two attached hydrogens (primary N) is 1. The minimum absolute atomic E-state index is 0.0766. The zero-order valence-corrected chi connectivity index (χ0v) is 19.7. The van der Waals surface area contributed by atoms with Gasteiger partial charge in [-0.05, 0) is 49.1 Å². The number of carbonyl (C=O) groups excluding carboxylic acids is 2. The molecule has 1 saturated heterocycles. The van der Waals surface area contributed by atoms with Crippen molar-refractivity contribution in [3.05, 3.63) is 101 Å². The number of hydrogen-bond donors (Lipinski definition) is 1. The number of hydrogen-bond acceptors (Lipinski definition) is 6. The van der Waals surface area contributed by atoms with E-state index in [4.69, 9.17) is 5.73 Å². The lowest BCUT2D eigenvalue weighted by Gasteiger charge is -2.17. The van der Waals surface area contributed by atoms with Crippen LogP contribution in [0.5, 0.6) is 0 Å². The summed E-state index contributed by atoms with van der Waals surface area (Å²) in [5, 5.41) is 0. The van der Waals surface area contributed by atoms with Crippen molar-refractivity contribution in [2.75, 3.05) is 25.9 Å². The third kappa shape index (κ3) is 5.05. The van der Waals surface area contributed by atoms with E-state index in [1.807, 2.05) is 0 Å². The molecule has 1 aliphatic heterocycles. The molecule has 1 amide bonds. The predicted molar refractivity (Wildman–Crippen MR) is 133 cm³/mol. The molecule has 0 radical (unpaired) electrons. The van der Waals surface area contributed by atoms with Crippen LogP contribution in [0.3, 0.4) is 0 Å². The van der Waals surface area contributed by atoms with E-state index in [1.165, 1.54) is 49.8 Å². The van der Waals surface area contributed by atoms with E-state index in [0.29, 0.717) is 30.8 Å². The third-order valence-electron chi connectivity index (χ3n) is 6.24. The molecular formula is C27H25F2N5O2. The Hall–Kier alpha value is -4.27. The number of likely N-dealkylation sites (tertiary alicyclic amines) is 1. The normalized spacial score (nSPS) is 15.7. The maximum absolute atomic E-state index is 15.3. The molecule has 1 aliphatic rings. The average molecular weight is 490 g/mol. The number of benzene rings is 2. The Bertz CT molecular complexity index is 1370. The number of rotatable bonds is 7. The van der Waals surface area contributed by atoms with Gasteiger partial charge in [0.1, 0.15) is 23.8 Å². The lowest BCUT2D eigenvalue weighted by atomic mass is 9.93. The van der Waals surface area contributed by atoms with Crippen molar-refractivity contribution in [1.82, 2.24) is 14.9 Å². The standard InChI is InChI=1S/C27H25F2N5O2/c1-3-23(35)34-10-9-16(14-34)11-22-24(27(30)33-15-32-22)25(31-2)20-8-7-18(13-21(20)29)26(36)17-5-4-6-19(28)12-17/h3-8,12-13,15-16H,1,9-11,14H2,2H3,(H2,30,32,33)/b31-25-. The number of nitrogen functional groups attached to an aromatic ring is 1. The number of halogens is 2. The van der Waals surface area contributed by atoms with Crippen LogP contribution in [0.1, 0.15) is 39.2 Å². The number of anilines is 1. The first-order chi connectivity index (χ1) is 17.3. The second kappa shape index (κ2) is 10.6. The van der Waals surface area contributed by atoms with Gasteiger partial charge in [-0.3, -0.25) is 14.6 Å². The summed E-state index contributed by atoms with van der Waals surface area (Å²) in [6, 6.07) is 9.24. The number of nitrogens with zero attached hydrogens (tertiary/aromatic N) is 4. The van der Waals surface area contributed by atoms with Crippen molar-refractivity contribution in [2.24, 2.45) is 10.9 Å². The number of amides is 1. The van der Waals surface area contributed by atoms with E-state index in [0.717, 1.165) is 18.6 Å². The summed E-state index contributed by atoms with van der Waals surface area (Å²) in [6.45, 7) is 4.71. The molecule has 1 unspecified atom stereocenters. The average Bonchev–Trinajstić information content (AvgIpc) is 3.34. The first-order valence-electron chi connectivity index (χ1n) is 11.4. The molecular weight excluding hydrogens is 464 g/mol. The summed E-state index contributed by atoms with van der Waals surface area (Å²) in [5.41, 5.74) is 7.79. The van der Waals surface area contributed by atoms with Crippen LogP contribution in [0.4, 0.5) is 14.6 Å². The summed E-state index contributed by atoms with van der Waals surface area (Å²) >= 11 is 0. The molecule has 0 spiro atoms. The Morgan fingerprint density at radius 1 is 1.19 bits per heavy atom. The predicted octanol–water partition coefficient (Wildman–Crippen LogP) is 3.61. The zero-order valence-electron chi connectivity index (χ0n) is 19.7. The van der Waals surface area contributed by atoms with Gasteiger partial charge in [0.15, 0.2) is 5.78 Å². The summed E-state index contributed by atoms with van der Waals surface area (Å²) < 4.78 is 28.9. The third-order valence-corrected chi connectivity index (χ3v) is 6.24. The summed E-state index contributed by atoms with van der Waals surface area (Å²) in [7, 11) is 1.51. The first-order valence-corrected chi connectivity index (χ1v) is 11.4. The van der Waals surface area contributed by atoms with E-state index in [2.05, 4.69) is 21.5 Å². The number of aromatic nitrogens is 2. The number of ketones is 1. The monoisotopic (exact) mass is 489 g/mol. The van der Waals surface area contributed by atoms with Gasteiger partial charge in [-0.2, -0.15) is 0 Å². The van der Waals surface area contributed by atoms with Gasteiger partial charge >= 0.3 is 0 Å². The van der Waals surface area contributed by atoms with Crippen LogP contribution in [0.25, 0.3) is 0 Å². The molecule has 1 atom stereocenters. The van der Waals surface area contributed by atoms with E-state index in [-0.39, 0.29) is 40.0 Å². The van der Waals surface area contributed by atoms with Crippen molar-refractivity contribution >= 4 is 23.2 Å². The van der Waals surface area contributed by atoms with Crippen molar-refractivity contribution in [3.8, 4) is 0 Å². The second-order valence-corrected chi connectivity index (χ2v) is 8.53. The molecule has 2 aromatic carbocycles. The first kappa shape index (κ1) is 24.8. The molecule has 2 heterocycles. The van der Waals surface area contributed by atoms with Gasteiger partial charge in [-0.25, -0.2) is 18.7 Å². The maximum atomic E-state index is 15.3. The van der Waals surface area contributed by atoms with Crippen LogP contribution in [0.15, 0.2) is 66.4 Å². The molecule has 7 nitrogen and oxygen atoms in total. The Morgan fingerprint density at radius 2 is 1.97 bits per heavy atom. The van der Waals surface area contributed by atoms with Crippen molar-refractivity contribution < 1.29 is 18.4 Å². The lowest BCUT2D eigenvalue weighted by molar-refractivity contribution is -0.125. The fourth-order valence-electron chi connectivity index (χ4n) is 4.46. The Kier molecular flexibility index (Phi) is 7.28.